The zero-order valence-electron chi connectivity index (χ0n) is 13.0. The minimum absolute atomic E-state index is 0.00591. The first-order valence-electron chi connectivity index (χ1n) is 8.00. The van der Waals surface area contributed by atoms with E-state index in [2.05, 4.69) is 40.5 Å². The number of likely N-dealkylation sites (tertiary alicyclic amines) is 1. The quantitative estimate of drug-likeness (QED) is 0.884. The topological polar surface area (TPSA) is 32.3 Å². The maximum absolute atomic E-state index is 12.0. The van der Waals surface area contributed by atoms with Crippen LogP contribution in [-0.2, 0) is 6.54 Å². The first-order valence-corrected chi connectivity index (χ1v) is 9.20. The number of rotatable bonds is 5. The molecule has 3 rings (SSSR count). The zero-order valence-corrected chi connectivity index (χ0v) is 14.6. The van der Waals surface area contributed by atoms with Gasteiger partial charge in [-0.1, -0.05) is 41.9 Å². The average Bonchev–Trinajstić information content (AvgIpc) is 3.01. The number of carbonyl (C=O) groups is 1. The van der Waals surface area contributed by atoms with E-state index in [1.54, 1.807) is 12.1 Å². The van der Waals surface area contributed by atoms with Crippen molar-refractivity contribution in [1.82, 2.24) is 10.2 Å². The number of piperidine rings is 1. The molecule has 0 spiro atoms. The molecule has 2 heterocycles. The van der Waals surface area contributed by atoms with Crippen LogP contribution in [-0.4, -0.2) is 30.4 Å². The van der Waals surface area contributed by atoms with Gasteiger partial charge in [0.2, 0.25) is 0 Å². The molecule has 3 nitrogen and oxygen atoms in total. The molecule has 122 valence electrons. The minimum atomic E-state index is -0.00591. The molecule has 23 heavy (non-hydrogen) atoms. The third-order valence-electron chi connectivity index (χ3n) is 4.30. The summed E-state index contributed by atoms with van der Waals surface area (Å²) < 4.78 is 0.657. The number of hydrogen-bond donors (Lipinski definition) is 1. The molecule has 1 N–H and O–H groups in total. The number of carbonyl (C=O) groups excluding carboxylic acids is 1. The Kier molecular flexibility index (Phi) is 5.70. The Morgan fingerprint density at radius 1 is 1.17 bits per heavy atom. The van der Waals surface area contributed by atoms with E-state index in [1.165, 1.54) is 16.9 Å². The van der Waals surface area contributed by atoms with Crippen molar-refractivity contribution in [3.8, 4) is 0 Å². The molecule has 5 heteroatoms. The molecule has 1 saturated heterocycles. The molecule has 0 radical (unpaired) electrons. The van der Waals surface area contributed by atoms with Crippen LogP contribution < -0.4 is 5.32 Å². The molecule has 1 aliphatic rings. The molecule has 0 atom stereocenters. The monoisotopic (exact) mass is 348 g/mol. The summed E-state index contributed by atoms with van der Waals surface area (Å²) in [5, 5.41) is 3.04. The van der Waals surface area contributed by atoms with Crippen LogP contribution in [0.15, 0.2) is 42.5 Å². The second-order valence-corrected chi connectivity index (χ2v) is 7.73. The van der Waals surface area contributed by atoms with Gasteiger partial charge in [-0.3, -0.25) is 9.69 Å². The minimum Gasteiger partial charge on any atom is -0.351 e. The van der Waals surface area contributed by atoms with Crippen molar-refractivity contribution in [2.24, 2.45) is 5.92 Å². The Balaban J connectivity index is 1.40. The molecule has 1 amide bonds. The van der Waals surface area contributed by atoms with E-state index in [0.29, 0.717) is 15.1 Å². The summed E-state index contributed by atoms with van der Waals surface area (Å²) in [4.78, 5) is 15.2. The van der Waals surface area contributed by atoms with Gasteiger partial charge in [0.25, 0.3) is 5.91 Å². The molecular formula is C18H21ClN2OS. The van der Waals surface area contributed by atoms with Crippen LogP contribution in [0.25, 0.3) is 0 Å². The van der Waals surface area contributed by atoms with Gasteiger partial charge in [0.05, 0.1) is 9.21 Å². The lowest BCUT2D eigenvalue weighted by Gasteiger charge is -2.32. The van der Waals surface area contributed by atoms with Gasteiger partial charge in [0.1, 0.15) is 0 Å². The summed E-state index contributed by atoms with van der Waals surface area (Å²) in [7, 11) is 0. The molecule has 2 aromatic rings. The standard InChI is InChI=1S/C18H21ClN2OS/c19-17-7-6-16(23-17)18(22)20-12-14-8-10-21(11-9-14)13-15-4-2-1-3-5-15/h1-7,14H,8-13H2,(H,20,22). The Morgan fingerprint density at radius 2 is 1.91 bits per heavy atom. The summed E-state index contributed by atoms with van der Waals surface area (Å²) in [5.74, 6) is 0.565. The molecule has 0 aliphatic carbocycles. The van der Waals surface area contributed by atoms with Crippen molar-refractivity contribution in [1.29, 1.82) is 0 Å². The van der Waals surface area contributed by atoms with Crippen molar-refractivity contribution >= 4 is 28.8 Å². The maximum Gasteiger partial charge on any atom is 0.261 e. The van der Waals surface area contributed by atoms with E-state index in [1.807, 2.05) is 0 Å². The fourth-order valence-corrected chi connectivity index (χ4v) is 3.91. The van der Waals surface area contributed by atoms with Gasteiger partial charge in [-0.15, -0.1) is 11.3 Å². The van der Waals surface area contributed by atoms with Crippen LogP contribution in [0.4, 0.5) is 0 Å². The maximum atomic E-state index is 12.0. The number of halogens is 1. The molecule has 1 aromatic carbocycles. The highest BCUT2D eigenvalue weighted by atomic mass is 35.5. The van der Waals surface area contributed by atoms with Gasteiger partial charge in [-0.25, -0.2) is 0 Å². The second-order valence-electron chi connectivity index (χ2n) is 6.02. The van der Waals surface area contributed by atoms with Gasteiger partial charge >= 0.3 is 0 Å². The fraction of sp³-hybridized carbons (Fsp3) is 0.389. The lowest BCUT2D eigenvalue weighted by atomic mass is 9.96. The van der Waals surface area contributed by atoms with E-state index in [-0.39, 0.29) is 5.91 Å². The second kappa shape index (κ2) is 7.95. The van der Waals surface area contributed by atoms with E-state index in [9.17, 15) is 4.79 Å². The Morgan fingerprint density at radius 3 is 2.57 bits per heavy atom. The highest BCUT2D eigenvalue weighted by Crippen LogP contribution is 2.22. The lowest BCUT2D eigenvalue weighted by molar-refractivity contribution is 0.0939. The van der Waals surface area contributed by atoms with Crippen LogP contribution in [0, 0.1) is 5.92 Å². The normalized spacial score (nSPS) is 16.4. The Labute approximate surface area is 146 Å². The first-order chi connectivity index (χ1) is 11.2. The average molecular weight is 349 g/mol. The van der Waals surface area contributed by atoms with Crippen molar-refractivity contribution in [3.05, 3.63) is 57.2 Å². The molecule has 0 unspecified atom stereocenters. The predicted molar refractivity (Wildman–Crippen MR) is 96.1 cm³/mol. The van der Waals surface area contributed by atoms with Crippen LogP contribution >= 0.6 is 22.9 Å². The Hall–Kier alpha value is -1.36. The van der Waals surface area contributed by atoms with E-state index >= 15 is 0 Å². The smallest absolute Gasteiger partial charge is 0.261 e. The predicted octanol–water partition coefficient (Wildman–Crippen LogP) is 4.04. The highest BCUT2D eigenvalue weighted by molar-refractivity contribution is 7.17. The summed E-state index contributed by atoms with van der Waals surface area (Å²) in [6.07, 6.45) is 2.27. The van der Waals surface area contributed by atoms with Gasteiger partial charge in [0, 0.05) is 13.1 Å². The van der Waals surface area contributed by atoms with Crippen molar-refractivity contribution in [2.75, 3.05) is 19.6 Å². The lowest BCUT2D eigenvalue weighted by Crippen LogP contribution is -2.38. The van der Waals surface area contributed by atoms with Crippen LogP contribution in [0.2, 0.25) is 4.34 Å². The molecular weight excluding hydrogens is 328 g/mol. The van der Waals surface area contributed by atoms with E-state index < -0.39 is 0 Å². The number of nitrogens with one attached hydrogen (secondary N) is 1. The van der Waals surface area contributed by atoms with Gasteiger partial charge in [-0.2, -0.15) is 0 Å². The van der Waals surface area contributed by atoms with Crippen molar-refractivity contribution in [3.63, 3.8) is 0 Å². The van der Waals surface area contributed by atoms with Gasteiger partial charge in [0.15, 0.2) is 0 Å². The molecule has 1 aromatic heterocycles. The van der Waals surface area contributed by atoms with Crippen LogP contribution in [0.3, 0.4) is 0 Å². The van der Waals surface area contributed by atoms with E-state index in [4.69, 9.17) is 11.6 Å². The number of thiophene rings is 1. The summed E-state index contributed by atoms with van der Waals surface area (Å²) in [6, 6.07) is 14.1. The number of benzene rings is 1. The summed E-state index contributed by atoms with van der Waals surface area (Å²) in [5.41, 5.74) is 1.37. The molecule has 1 aliphatic heterocycles. The number of nitrogens with zero attached hydrogens (tertiary/aromatic N) is 1. The van der Waals surface area contributed by atoms with Crippen molar-refractivity contribution < 1.29 is 4.79 Å². The molecule has 1 fully saturated rings. The summed E-state index contributed by atoms with van der Waals surface area (Å²) in [6.45, 7) is 3.97. The Bertz CT molecular complexity index is 635. The SMILES string of the molecule is O=C(NCC1CCN(Cc2ccccc2)CC1)c1ccc(Cl)s1. The molecule has 0 saturated carbocycles. The summed E-state index contributed by atoms with van der Waals surface area (Å²) >= 11 is 7.20. The van der Waals surface area contributed by atoms with Gasteiger partial charge < -0.3 is 5.32 Å². The third-order valence-corrected chi connectivity index (χ3v) is 5.53. The largest absolute Gasteiger partial charge is 0.351 e. The number of hydrogen-bond acceptors (Lipinski definition) is 3. The molecule has 0 bridgehead atoms. The van der Waals surface area contributed by atoms with Crippen LogP contribution in [0.5, 0.6) is 0 Å². The van der Waals surface area contributed by atoms with Gasteiger partial charge in [-0.05, 0) is 49.5 Å². The highest BCUT2D eigenvalue weighted by Gasteiger charge is 2.20. The zero-order chi connectivity index (χ0) is 16.1. The number of amides is 1. The first kappa shape index (κ1) is 16.5. The fourth-order valence-electron chi connectivity index (χ4n) is 2.95. The third kappa shape index (κ3) is 4.80. The van der Waals surface area contributed by atoms with Crippen LogP contribution in [0.1, 0.15) is 28.1 Å². The van der Waals surface area contributed by atoms with Crippen molar-refractivity contribution in [2.45, 2.75) is 19.4 Å². The van der Waals surface area contributed by atoms with E-state index in [0.717, 1.165) is 39.0 Å².